The van der Waals surface area contributed by atoms with Gasteiger partial charge in [0.05, 0.1) is 38.7 Å². The van der Waals surface area contributed by atoms with Crippen LogP contribution in [0.1, 0.15) is 60.1 Å². The number of ether oxygens (including phenoxy) is 2. The number of aromatic nitrogens is 3. The zero-order valence-corrected chi connectivity index (χ0v) is 21.1. The van der Waals surface area contributed by atoms with Crippen LogP contribution in [0.3, 0.4) is 0 Å². The lowest BCUT2D eigenvalue weighted by Gasteiger charge is -2.37. The molecule has 3 aromatic heterocycles. The van der Waals surface area contributed by atoms with Crippen molar-refractivity contribution in [3.05, 3.63) is 24.4 Å². The van der Waals surface area contributed by atoms with Crippen LogP contribution in [-0.4, -0.2) is 52.2 Å². The maximum Gasteiger partial charge on any atom is 0.150 e. The molecule has 0 aliphatic carbocycles. The Morgan fingerprint density at radius 1 is 1.12 bits per heavy atom. The summed E-state index contributed by atoms with van der Waals surface area (Å²) in [6.07, 6.45) is 5.59. The summed E-state index contributed by atoms with van der Waals surface area (Å²) in [6, 6.07) is 6.51. The number of fused-ring (bicyclic) bond motifs is 1. The van der Waals surface area contributed by atoms with Crippen LogP contribution >= 0.6 is 11.3 Å². The van der Waals surface area contributed by atoms with Crippen LogP contribution in [-0.2, 0) is 9.47 Å². The smallest absolute Gasteiger partial charge is 0.150 e. The van der Waals surface area contributed by atoms with Gasteiger partial charge in [0, 0.05) is 37.5 Å². The van der Waals surface area contributed by atoms with E-state index in [1.54, 1.807) is 11.3 Å². The fraction of sp³-hybridized carbons (Fsp3) is 0.600. The van der Waals surface area contributed by atoms with Crippen molar-refractivity contribution in [3.63, 3.8) is 0 Å². The number of pyridine rings is 1. The molecule has 8 heteroatoms. The molecule has 1 N–H and O–H groups in total. The third-order valence-corrected chi connectivity index (χ3v) is 7.24. The number of hydrogen-bond acceptors (Lipinski definition) is 7. The van der Waals surface area contributed by atoms with E-state index in [-0.39, 0.29) is 24.0 Å². The molecule has 3 aromatic rings. The summed E-state index contributed by atoms with van der Waals surface area (Å²) in [5, 5.41) is 8.20. The second-order valence-electron chi connectivity index (χ2n) is 10.4. The minimum Gasteiger partial charge on any atom is -0.372 e. The van der Waals surface area contributed by atoms with Gasteiger partial charge in [-0.1, -0.05) is 0 Å². The quantitative estimate of drug-likeness (QED) is 0.530. The summed E-state index contributed by atoms with van der Waals surface area (Å²) >= 11 is 1.79. The van der Waals surface area contributed by atoms with Gasteiger partial charge in [0.2, 0.25) is 0 Å². The highest BCUT2D eigenvalue weighted by Gasteiger charge is 2.27. The second-order valence-corrected chi connectivity index (χ2v) is 11.4. The summed E-state index contributed by atoms with van der Waals surface area (Å²) in [5.41, 5.74) is 3.28. The van der Waals surface area contributed by atoms with Gasteiger partial charge in [0.1, 0.15) is 5.82 Å². The minimum atomic E-state index is -0.0701. The van der Waals surface area contributed by atoms with Crippen molar-refractivity contribution in [2.24, 2.45) is 0 Å². The molecule has 0 aromatic carbocycles. The number of hydrogen-bond donors (Lipinski definition) is 1. The Hall–Kier alpha value is -2.16. The van der Waals surface area contributed by atoms with E-state index in [2.05, 4.69) is 72.8 Å². The standard InChI is InChI=1S/C25H35N5O2S/c1-16-14-29(15-17(2)32-16)20-13-22(28-25(3,4)5)27-18-12-21(33-24(18)20)19-9-10-26-30(19)23-8-6-7-11-31-23/h9-10,12-13,16-17,23H,6-8,11,14-15H2,1-5H3,(H,27,28)/t16-,17-,23?/m1/s1. The van der Waals surface area contributed by atoms with Crippen LogP contribution in [0.15, 0.2) is 24.4 Å². The molecule has 2 aliphatic heterocycles. The fourth-order valence-corrected chi connectivity index (χ4v) is 6.00. The van der Waals surface area contributed by atoms with Gasteiger partial charge in [-0.3, -0.25) is 0 Å². The molecule has 178 valence electrons. The van der Waals surface area contributed by atoms with Crippen molar-refractivity contribution >= 4 is 33.1 Å². The lowest BCUT2D eigenvalue weighted by molar-refractivity contribution is -0.0383. The van der Waals surface area contributed by atoms with Gasteiger partial charge >= 0.3 is 0 Å². The van der Waals surface area contributed by atoms with Crippen molar-refractivity contribution < 1.29 is 9.47 Å². The first-order valence-electron chi connectivity index (χ1n) is 12.1. The van der Waals surface area contributed by atoms with E-state index < -0.39 is 0 Å². The maximum atomic E-state index is 6.03. The van der Waals surface area contributed by atoms with Crippen molar-refractivity contribution in [2.45, 2.75) is 77.9 Å². The van der Waals surface area contributed by atoms with Crippen LogP contribution in [0.5, 0.6) is 0 Å². The van der Waals surface area contributed by atoms with Crippen molar-refractivity contribution in [1.29, 1.82) is 0 Å². The Balaban J connectivity index is 1.59. The molecular formula is C25H35N5O2S. The zero-order valence-electron chi connectivity index (χ0n) is 20.3. The highest BCUT2D eigenvalue weighted by Crippen LogP contribution is 2.41. The van der Waals surface area contributed by atoms with Crippen LogP contribution in [0.2, 0.25) is 0 Å². The molecule has 2 aliphatic rings. The van der Waals surface area contributed by atoms with Crippen LogP contribution < -0.4 is 10.2 Å². The van der Waals surface area contributed by atoms with Gasteiger partial charge in [0.25, 0.3) is 0 Å². The molecule has 5 heterocycles. The average Bonchev–Trinajstić information content (AvgIpc) is 3.39. The molecule has 3 atom stereocenters. The summed E-state index contributed by atoms with van der Waals surface area (Å²) in [4.78, 5) is 8.64. The highest BCUT2D eigenvalue weighted by atomic mass is 32.1. The topological polar surface area (TPSA) is 64.4 Å². The first kappa shape index (κ1) is 22.6. The van der Waals surface area contributed by atoms with Crippen LogP contribution in [0, 0.1) is 0 Å². The van der Waals surface area contributed by atoms with Gasteiger partial charge < -0.3 is 19.7 Å². The van der Waals surface area contributed by atoms with Crippen LogP contribution in [0.4, 0.5) is 11.5 Å². The van der Waals surface area contributed by atoms with Gasteiger partial charge in [-0.15, -0.1) is 11.3 Å². The Morgan fingerprint density at radius 2 is 1.91 bits per heavy atom. The van der Waals surface area contributed by atoms with Crippen molar-refractivity contribution in [2.75, 3.05) is 29.9 Å². The summed E-state index contributed by atoms with van der Waals surface area (Å²) in [5.74, 6) is 0.908. The molecule has 0 radical (unpaired) electrons. The van der Waals surface area contributed by atoms with E-state index >= 15 is 0 Å². The average molecular weight is 470 g/mol. The Labute approximate surface area is 200 Å². The fourth-order valence-electron chi connectivity index (χ4n) is 4.84. The Kier molecular flexibility index (Phi) is 6.09. The lowest BCUT2D eigenvalue weighted by Crippen LogP contribution is -2.45. The van der Waals surface area contributed by atoms with Crippen LogP contribution in [0.25, 0.3) is 20.8 Å². The lowest BCUT2D eigenvalue weighted by atomic mass is 10.1. The van der Waals surface area contributed by atoms with E-state index in [1.807, 2.05) is 6.20 Å². The van der Waals surface area contributed by atoms with Gasteiger partial charge in [-0.05, 0) is 66.0 Å². The van der Waals surface area contributed by atoms with E-state index in [4.69, 9.17) is 14.5 Å². The molecule has 0 bridgehead atoms. The number of nitrogens with one attached hydrogen (secondary N) is 1. The molecule has 0 saturated carbocycles. The molecule has 2 fully saturated rings. The first-order valence-corrected chi connectivity index (χ1v) is 12.9. The van der Waals surface area contributed by atoms with E-state index in [0.29, 0.717) is 0 Å². The number of anilines is 2. The SMILES string of the molecule is C[C@@H]1CN(c2cc(NC(C)(C)C)nc3cc(-c4ccnn4C4CCCCO4)sc23)C[C@@H](C)O1. The molecule has 33 heavy (non-hydrogen) atoms. The predicted octanol–water partition coefficient (Wildman–Crippen LogP) is 5.68. The minimum absolute atomic E-state index is 0.0143. The second kappa shape index (κ2) is 8.89. The molecule has 2 saturated heterocycles. The largest absolute Gasteiger partial charge is 0.372 e. The van der Waals surface area contributed by atoms with E-state index in [1.165, 1.54) is 21.7 Å². The number of morpholine rings is 1. The molecule has 0 spiro atoms. The Morgan fingerprint density at radius 3 is 2.61 bits per heavy atom. The summed E-state index contributed by atoms with van der Waals surface area (Å²) in [6.45, 7) is 13.4. The zero-order chi connectivity index (χ0) is 23.2. The molecule has 1 unspecified atom stereocenters. The van der Waals surface area contributed by atoms with Gasteiger partial charge in [0.15, 0.2) is 6.23 Å². The summed E-state index contributed by atoms with van der Waals surface area (Å²) < 4.78 is 15.3. The molecular weight excluding hydrogens is 434 g/mol. The number of rotatable bonds is 4. The number of thiophene rings is 1. The van der Waals surface area contributed by atoms with E-state index in [0.717, 1.165) is 49.6 Å². The maximum absolute atomic E-state index is 6.03. The van der Waals surface area contributed by atoms with Gasteiger partial charge in [-0.25, -0.2) is 9.67 Å². The predicted molar refractivity (Wildman–Crippen MR) is 135 cm³/mol. The first-order chi connectivity index (χ1) is 15.8. The molecule has 0 amide bonds. The summed E-state index contributed by atoms with van der Waals surface area (Å²) in [7, 11) is 0. The third-order valence-electron chi connectivity index (χ3n) is 6.07. The molecule has 5 rings (SSSR count). The van der Waals surface area contributed by atoms with Gasteiger partial charge in [-0.2, -0.15) is 5.10 Å². The van der Waals surface area contributed by atoms with E-state index in [9.17, 15) is 0 Å². The monoisotopic (exact) mass is 469 g/mol. The highest BCUT2D eigenvalue weighted by molar-refractivity contribution is 7.22. The molecule has 7 nitrogen and oxygen atoms in total. The Bertz CT molecular complexity index is 1100. The van der Waals surface area contributed by atoms with Crippen molar-refractivity contribution in [1.82, 2.24) is 14.8 Å². The normalized spacial score (nSPS) is 24.4. The third kappa shape index (κ3) is 4.88. The number of nitrogens with zero attached hydrogens (tertiary/aromatic N) is 4. The van der Waals surface area contributed by atoms with Crippen molar-refractivity contribution in [3.8, 4) is 10.6 Å².